The third-order valence-corrected chi connectivity index (χ3v) is 5.33. The van der Waals surface area contributed by atoms with Gasteiger partial charge in [0.1, 0.15) is 0 Å². The predicted octanol–water partition coefficient (Wildman–Crippen LogP) is 2.19. The Morgan fingerprint density at radius 2 is 1.95 bits per heavy atom. The number of hydrogen-bond acceptors (Lipinski definition) is 4. The number of pyridine rings is 1. The molecular formula is C16H23N3O2S. The van der Waals surface area contributed by atoms with Crippen LogP contribution in [0.5, 0.6) is 0 Å². The summed E-state index contributed by atoms with van der Waals surface area (Å²) in [6.07, 6.45) is 1.66. The summed E-state index contributed by atoms with van der Waals surface area (Å²) in [6.45, 7) is 8.04. The lowest BCUT2D eigenvalue weighted by atomic mass is 9.88. The van der Waals surface area contributed by atoms with Crippen molar-refractivity contribution in [3.05, 3.63) is 36.0 Å². The highest BCUT2D eigenvalue weighted by Gasteiger charge is 2.29. The maximum absolute atomic E-state index is 12.8. The van der Waals surface area contributed by atoms with E-state index in [-0.39, 0.29) is 22.9 Å². The Labute approximate surface area is 132 Å². The number of rotatable bonds is 4. The lowest BCUT2D eigenvalue weighted by Crippen LogP contribution is -2.48. The molecule has 1 aromatic carbocycles. The van der Waals surface area contributed by atoms with Gasteiger partial charge >= 0.3 is 0 Å². The molecule has 2 aromatic rings. The Hall–Kier alpha value is -1.50. The molecular weight excluding hydrogens is 298 g/mol. The van der Waals surface area contributed by atoms with E-state index in [0.717, 1.165) is 5.56 Å². The van der Waals surface area contributed by atoms with Crippen LogP contribution in [0.2, 0.25) is 0 Å². The molecule has 2 rings (SSSR count). The Kier molecular flexibility index (Phi) is 4.56. The first-order valence-corrected chi connectivity index (χ1v) is 8.72. The topological polar surface area (TPSA) is 85.1 Å². The van der Waals surface area contributed by atoms with Crippen molar-refractivity contribution in [1.82, 2.24) is 9.71 Å². The van der Waals surface area contributed by atoms with Crippen molar-refractivity contribution in [3.8, 4) is 0 Å². The van der Waals surface area contributed by atoms with E-state index in [1.54, 1.807) is 30.5 Å². The third kappa shape index (κ3) is 3.29. The van der Waals surface area contributed by atoms with Crippen molar-refractivity contribution >= 4 is 20.9 Å². The highest BCUT2D eigenvalue weighted by atomic mass is 32.2. The van der Waals surface area contributed by atoms with Gasteiger partial charge in [0.05, 0.1) is 10.4 Å². The summed E-state index contributed by atoms with van der Waals surface area (Å²) < 4.78 is 28.3. The molecule has 0 fully saturated rings. The van der Waals surface area contributed by atoms with Crippen LogP contribution in [-0.2, 0) is 10.0 Å². The highest BCUT2D eigenvalue weighted by molar-refractivity contribution is 7.89. The number of hydrogen-bond donors (Lipinski definition) is 2. The maximum atomic E-state index is 12.8. The van der Waals surface area contributed by atoms with Crippen LogP contribution in [0.15, 0.2) is 35.4 Å². The summed E-state index contributed by atoms with van der Waals surface area (Å²) >= 11 is 0. The van der Waals surface area contributed by atoms with Gasteiger partial charge in [-0.05, 0) is 36.1 Å². The average Bonchev–Trinajstić information content (AvgIpc) is 2.44. The number of nitrogens with one attached hydrogen (secondary N) is 1. The normalized spacial score (nSPS) is 14.2. The molecule has 6 heteroatoms. The van der Waals surface area contributed by atoms with Crippen LogP contribution in [0.1, 0.15) is 26.3 Å². The molecule has 1 heterocycles. The van der Waals surface area contributed by atoms with Gasteiger partial charge in [0, 0.05) is 24.2 Å². The Bertz CT molecular complexity index is 780. The SMILES string of the molecule is Cc1ccc(S(=O)(=O)NC(CN)C(C)(C)C)c2cccnc12. The minimum Gasteiger partial charge on any atom is -0.329 e. The molecule has 3 N–H and O–H groups in total. The van der Waals surface area contributed by atoms with Crippen molar-refractivity contribution in [2.75, 3.05) is 6.54 Å². The number of fused-ring (bicyclic) bond motifs is 1. The summed E-state index contributed by atoms with van der Waals surface area (Å²) in [7, 11) is -3.67. The van der Waals surface area contributed by atoms with Crippen LogP contribution in [0, 0.1) is 12.3 Å². The first-order chi connectivity index (χ1) is 10.2. The van der Waals surface area contributed by atoms with Gasteiger partial charge in [-0.1, -0.05) is 26.8 Å². The van der Waals surface area contributed by atoms with E-state index >= 15 is 0 Å². The fraction of sp³-hybridized carbons (Fsp3) is 0.438. The molecule has 0 aliphatic heterocycles. The van der Waals surface area contributed by atoms with Crippen molar-refractivity contribution in [2.45, 2.75) is 38.6 Å². The second-order valence-electron chi connectivity index (χ2n) is 6.56. The van der Waals surface area contributed by atoms with Gasteiger partial charge in [0.2, 0.25) is 10.0 Å². The van der Waals surface area contributed by atoms with Crippen LogP contribution in [0.25, 0.3) is 10.9 Å². The third-order valence-electron chi connectivity index (χ3n) is 3.80. The zero-order valence-electron chi connectivity index (χ0n) is 13.4. The predicted molar refractivity (Wildman–Crippen MR) is 89.1 cm³/mol. The van der Waals surface area contributed by atoms with Crippen molar-refractivity contribution in [3.63, 3.8) is 0 Å². The van der Waals surface area contributed by atoms with Crippen LogP contribution in [0.3, 0.4) is 0 Å². The summed E-state index contributed by atoms with van der Waals surface area (Å²) in [5.74, 6) is 0. The number of nitrogens with zero attached hydrogens (tertiary/aromatic N) is 1. The van der Waals surface area contributed by atoms with Gasteiger partial charge in [-0.25, -0.2) is 13.1 Å². The molecule has 22 heavy (non-hydrogen) atoms. The number of aromatic nitrogens is 1. The molecule has 0 saturated carbocycles. The molecule has 0 bridgehead atoms. The van der Waals surface area contributed by atoms with Gasteiger partial charge in [0.25, 0.3) is 0 Å². The Morgan fingerprint density at radius 3 is 2.55 bits per heavy atom. The van der Waals surface area contributed by atoms with E-state index in [1.807, 2.05) is 27.7 Å². The number of sulfonamides is 1. The summed E-state index contributed by atoms with van der Waals surface area (Å²) in [6, 6.07) is 6.57. The first kappa shape index (κ1) is 16.9. The number of nitrogens with two attached hydrogens (primary N) is 1. The van der Waals surface area contributed by atoms with Gasteiger partial charge in [-0.15, -0.1) is 0 Å². The molecule has 0 aliphatic carbocycles. The van der Waals surface area contributed by atoms with Crippen molar-refractivity contribution in [1.29, 1.82) is 0 Å². The lowest BCUT2D eigenvalue weighted by Gasteiger charge is -2.30. The Balaban J connectivity index is 2.53. The van der Waals surface area contributed by atoms with Gasteiger partial charge in [0.15, 0.2) is 0 Å². The lowest BCUT2D eigenvalue weighted by molar-refractivity contribution is 0.304. The molecule has 120 valence electrons. The molecule has 0 radical (unpaired) electrons. The van der Waals surface area contributed by atoms with E-state index in [0.29, 0.717) is 10.9 Å². The molecule has 0 saturated heterocycles. The van der Waals surface area contributed by atoms with Crippen LogP contribution in [-0.4, -0.2) is 26.0 Å². The van der Waals surface area contributed by atoms with Crippen molar-refractivity contribution < 1.29 is 8.42 Å². The van der Waals surface area contributed by atoms with Gasteiger partial charge < -0.3 is 5.73 Å². The summed E-state index contributed by atoms with van der Waals surface area (Å²) in [5.41, 5.74) is 7.12. The van der Waals surface area contributed by atoms with Crippen molar-refractivity contribution in [2.24, 2.45) is 11.1 Å². The zero-order chi connectivity index (χ0) is 16.5. The van der Waals surface area contributed by atoms with Crippen LogP contribution < -0.4 is 10.5 Å². The first-order valence-electron chi connectivity index (χ1n) is 7.23. The Morgan fingerprint density at radius 1 is 1.27 bits per heavy atom. The molecule has 0 amide bonds. The second-order valence-corrected chi connectivity index (χ2v) is 8.24. The second kappa shape index (κ2) is 5.95. The van der Waals surface area contributed by atoms with E-state index in [2.05, 4.69) is 9.71 Å². The highest BCUT2D eigenvalue weighted by Crippen LogP contribution is 2.26. The molecule has 0 aliphatic rings. The summed E-state index contributed by atoms with van der Waals surface area (Å²) in [4.78, 5) is 4.53. The fourth-order valence-corrected chi connectivity index (χ4v) is 4.00. The monoisotopic (exact) mass is 321 g/mol. The fourth-order valence-electron chi connectivity index (χ4n) is 2.35. The molecule has 1 aromatic heterocycles. The zero-order valence-corrected chi connectivity index (χ0v) is 14.2. The molecule has 0 spiro atoms. The van der Waals surface area contributed by atoms with Crippen LogP contribution in [0.4, 0.5) is 0 Å². The largest absolute Gasteiger partial charge is 0.329 e. The summed E-state index contributed by atoms with van der Waals surface area (Å²) in [5, 5.41) is 0.625. The molecule has 1 unspecified atom stereocenters. The molecule has 5 nitrogen and oxygen atoms in total. The van der Waals surface area contributed by atoms with Gasteiger partial charge in [-0.2, -0.15) is 0 Å². The minimum absolute atomic E-state index is 0.240. The molecule has 1 atom stereocenters. The maximum Gasteiger partial charge on any atom is 0.241 e. The quantitative estimate of drug-likeness (QED) is 0.904. The van der Waals surface area contributed by atoms with E-state index < -0.39 is 10.0 Å². The van der Waals surface area contributed by atoms with E-state index in [4.69, 9.17) is 5.73 Å². The van der Waals surface area contributed by atoms with E-state index in [1.165, 1.54) is 0 Å². The van der Waals surface area contributed by atoms with E-state index in [9.17, 15) is 8.42 Å². The number of aryl methyl sites for hydroxylation is 1. The number of benzene rings is 1. The average molecular weight is 321 g/mol. The smallest absolute Gasteiger partial charge is 0.241 e. The van der Waals surface area contributed by atoms with Crippen LogP contribution >= 0.6 is 0 Å². The standard InChI is InChI=1S/C16H23N3O2S/c1-11-7-8-13(12-6-5-9-18-15(11)12)22(20,21)19-14(10-17)16(2,3)4/h5-9,14,19H,10,17H2,1-4H3. The minimum atomic E-state index is -3.67. The van der Waals surface area contributed by atoms with Gasteiger partial charge in [-0.3, -0.25) is 4.98 Å².